The molecule has 0 spiro atoms. The third-order valence-corrected chi connectivity index (χ3v) is 4.57. The van der Waals surface area contributed by atoms with Crippen LogP contribution in [0.5, 0.6) is 0 Å². The summed E-state index contributed by atoms with van der Waals surface area (Å²) in [4.78, 5) is 24.6. The van der Waals surface area contributed by atoms with E-state index in [9.17, 15) is 9.59 Å². The van der Waals surface area contributed by atoms with E-state index in [2.05, 4.69) is 26.2 Å². The van der Waals surface area contributed by atoms with Gasteiger partial charge in [0, 0.05) is 18.7 Å². The van der Waals surface area contributed by atoms with E-state index in [1.807, 2.05) is 36.6 Å². The molecule has 0 atom stereocenters. The second-order valence-electron chi connectivity index (χ2n) is 5.64. The van der Waals surface area contributed by atoms with Crippen LogP contribution in [0.2, 0.25) is 0 Å². The predicted molar refractivity (Wildman–Crippen MR) is 98.4 cm³/mol. The van der Waals surface area contributed by atoms with Gasteiger partial charge in [0.15, 0.2) is 0 Å². The highest BCUT2D eigenvalue weighted by atomic mass is 32.1. The predicted octanol–water partition coefficient (Wildman–Crippen LogP) is 2.18. The first-order valence-corrected chi connectivity index (χ1v) is 8.97. The molecule has 26 heavy (non-hydrogen) atoms. The number of nitrogens with zero attached hydrogens (tertiary/aromatic N) is 4. The van der Waals surface area contributed by atoms with Crippen molar-refractivity contribution in [1.29, 1.82) is 0 Å². The fourth-order valence-electron chi connectivity index (χ4n) is 2.37. The summed E-state index contributed by atoms with van der Waals surface area (Å²) < 4.78 is 1.55. The van der Waals surface area contributed by atoms with Gasteiger partial charge < -0.3 is 10.6 Å². The minimum Gasteiger partial charge on any atom is -0.351 e. The van der Waals surface area contributed by atoms with E-state index in [4.69, 9.17) is 0 Å². The van der Waals surface area contributed by atoms with Crippen molar-refractivity contribution in [3.8, 4) is 5.69 Å². The van der Waals surface area contributed by atoms with Gasteiger partial charge in [-0.2, -0.15) is 0 Å². The Morgan fingerprint density at radius 3 is 2.88 bits per heavy atom. The molecule has 0 aliphatic carbocycles. The Morgan fingerprint density at radius 2 is 2.15 bits per heavy atom. The second kappa shape index (κ2) is 8.34. The lowest BCUT2D eigenvalue weighted by molar-refractivity contribution is -0.116. The van der Waals surface area contributed by atoms with Gasteiger partial charge in [0.05, 0.1) is 10.6 Å². The summed E-state index contributed by atoms with van der Waals surface area (Å²) in [7, 11) is 0. The number of carbonyl (C=O) groups excluding carboxylic acids is 2. The molecule has 3 rings (SSSR count). The lowest BCUT2D eigenvalue weighted by Crippen LogP contribution is -2.24. The molecule has 9 heteroatoms. The number of tetrazole rings is 1. The highest BCUT2D eigenvalue weighted by Gasteiger charge is 2.08. The number of amides is 2. The first-order valence-electron chi connectivity index (χ1n) is 8.09. The molecule has 2 heterocycles. The number of nitrogens with one attached hydrogen (secondary N) is 2. The first kappa shape index (κ1) is 17.7. The zero-order chi connectivity index (χ0) is 18.4. The van der Waals surface area contributed by atoms with Crippen LogP contribution in [-0.2, 0) is 4.79 Å². The molecule has 0 radical (unpaired) electrons. The molecule has 3 aromatic rings. The molecule has 2 amide bonds. The molecule has 2 aromatic heterocycles. The van der Waals surface area contributed by atoms with E-state index in [0.29, 0.717) is 30.0 Å². The first-order chi connectivity index (χ1) is 12.6. The maximum absolute atomic E-state index is 12.1. The summed E-state index contributed by atoms with van der Waals surface area (Å²) in [6.07, 6.45) is 2.39. The Morgan fingerprint density at radius 1 is 1.27 bits per heavy atom. The fourth-order valence-corrected chi connectivity index (χ4v) is 3.01. The van der Waals surface area contributed by atoms with E-state index in [1.54, 1.807) is 10.7 Å². The molecule has 0 bridgehead atoms. The van der Waals surface area contributed by atoms with Gasteiger partial charge in [0.1, 0.15) is 6.33 Å². The largest absolute Gasteiger partial charge is 0.351 e. The summed E-state index contributed by atoms with van der Waals surface area (Å²) in [5, 5.41) is 18.6. The Bertz CT molecular complexity index is 877. The van der Waals surface area contributed by atoms with Crippen LogP contribution >= 0.6 is 11.3 Å². The van der Waals surface area contributed by atoms with E-state index in [-0.39, 0.29) is 11.8 Å². The van der Waals surface area contributed by atoms with Crippen molar-refractivity contribution >= 4 is 28.8 Å². The van der Waals surface area contributed by atoms with E-state index in [1.165, 1.54) is 17.7 Å². The lowest BCUT2D eigenvalue weighted by Gasteiger charge is -2.09. The van der Waals surface area contributed by atoms with Gasteiger partial charge in [-0.3, -0.25) is 9.59 Å². The topological polar surface area (TPSA) is 102 Å². The zero-order valence-electron chi connectivity index (χ0n) is 14.2. The molecular weight excluding hydrogens is 352 g/mol. The van der Waals surface area contributed by atoms with Crippen LogP contribution in [0, 0.1) is 6.92 Å². The van der Waals surface area contributed by atoms with E-state index >= 15 is 0 Å². The molecule has 134 valence electrons. The molecule has 0 aliphatic rings. The van der Waals surface area contributed by atoms with Crippen molar-refractivity contribution in [2.45, 2.75) is 19.8 Å². The number of carbonyl (C=O) groups is 2. The monoisotopic (exact) mass is 370 g/mol. The molecule has 0 saturated heterocycles. The van der Waals surface area contributed by atoms with Crippen molar-refractivity contribution in [3.63, 3.8) is 0 Å². The van der Waals surface area contributed by atoms with Gasteiger partial charge in [-0.15, -0.1) is 16.4 Å². The Balaban J connectivity index is 1.48. The standard InChI is InChI=1S/C17H18N6O2S/c1-12-6-7-13(10-14(12)23-11-19-21-22-23)20-16(24)5-2-8-18-17(25)15-4-3-9-26-15/h3-4,6-7,9-11H,2,5,8H2,1H3,(H,18,25)(H,20,24). The van der Waals surface area contributed by atoms with Crippen molar-refractivity contribution in [2.75, 3.05) is 11.9 Å². The Hall–Kier alpha value is -3.07. The highest BCUT2D eigenvalue weighted by molar-refractivity contribution is 7.12. The van der Waals surface area contributed by atoms with Gasteiger partial charge in [-0.1, -0.05) is 12.1 Å². The quantitative estimate of drug-likeness (QED) is 0.621. The van der Waals surface area contributed by atoms with Crippen LogP contribution < -0.4 is 10.6 Å². The molecule has 2 N–H and O–H groups in total. The number of aromatic nitrogens is 4. The molecular formula is C17H18N6O2S. The number of thiophene rings is 1. The SMILES string of the molecule is Cc1ccc(NC(=O)CCCNC(=O)c2cccs2)cc1-n1cnnn1. The molecule has 0 unspecified atom stereocenters. The summed E-state index contributed by atoms with van der Waals surface area (Å²) >= 11 is 1.39. The smallest absolute Gasteiger partial charge is 0.261 e. The molecule has 0 saturated carbocycles. The molecule has 1 aromatic carbocycles. The highest BCUT2D eigenvalue weighted by Crippen LogP contribution is 2.18. The summed E-state index contributed by atoms with van der Waals surface area (Å²) in [6.45, 7) is 2.40. The van der Waals surface area contributed by atoms with Gasteiger partial charge in [0.25, 0.3) is 5.91 Å². The maximum atomic E-state index is 12.1. The average molecular weight is 370 g/mol. The van der Waals surface area contributed by atoms with Crippen molar-refractivity contribution in [1.82, 2.24) is 25.5 Å². The van der Waals surface area contributed by atoms with Crippen LogP contribution in [0.3, 0.4) is 0 Å². The third kappa shape index (κ3) is 4.51. The Labute approximate surface area is 154 Å². The number of anilines is 1. The summed E-state index contributed by atoms with van der Waals surface area (Å²) in [6, 6.07) is 9.15. The normalized spacial score (nSPS) is 10.5. The van der Waals surface area contributed by atoms with Crippen molar-refractivity contribution in [2.24, 2.45) is 0 Å². The van der Waals surface area contributed by atoms with Gasteiger partial charge >= 0.3 is 0 Å². The maximum Gasteiger partial charge on any atom is 0.261 e. The van der Waals surface area contributed by atoms with Crippen molar-refractivity contribution < 1.29 is 9.59 Å². The average Bonchev–Trinajstić information content (AvgIpc) is 3.33. The number of rotatable bonds is 7. The van der Waals surface area contributed by atoms with Crippen LogP contribution in [0.4, 0.5) is 5.69 Å². The van der Waals surface area contributed by atoms with Crippen molar-refractivity contribution in [3.05, 3.63) is 52.5 Å². The number of hydrogen-bond acceptors (Lipinski definition) is 6. The third-order valence-electron chi connectivity index (χ3n) is 3.70. The minimum atomic E-state index is -0.109. The van der Waals surface area contributed by atoms with Gasteiger partial charge in [0.2, 0.25) is 5.91 Å². The van der Waals surface area contributed by atoms with Crippen LogP contribution in [-0.4, -0.2) is 38.6 Å². The van der Waals surface area contributed by atoms with Gasteiger partial charge in [-0.25, -0.2) is 4.68 Å². The van der Waals surface area contributed by atoms with Crippen LogP contribution in [0.15, 0.2) is 42.0 Å². The fraction of sp³-hybridized carbons (Fsp3) is 0.235. The molecule has 8 nitrogen and oxygen atoms in total. The van der Waals surface area contributed by atoms with Crippen LogP contribution in [0.25, 0.3) is 5.69 Å². The summed E-state index contributed by atoms with van der Waals surface area (Å²) in [5.74, 6) is -0.216. The molecule has 0 fully saturated rings. The number of aryl methyl sites for hydroxylation is 1. The second-order valence-corrected chi connectivity index (χ2v) is 6.59. The van der Waals surface area contributed by atoms with Gasteiger partial charge in [-0.05, 0) is 52.9 Å². The zero-order valence-corrected chi connectivity index (χ0v) is 15.0. The Kier molecular flexibility index (Phi) is 5.69. The summed E-state index contributed by atoms with van der Waals surface area (Å²) in [5.41, 5.74) is 2.47. The lowest BCUT2D eigenvalue weighted by atomic mass is 10.1. The number of hydrogen-bond donors (Lipinski definition) is 2. The van der Waals surface area contributed by atoms with E-state index < -0.39 is 0 Å². The minimum absolute atomic E-state index is 0.106. The molecule has 0 aliphatic heterocycles. The van der Waals surface area contributed by atoms with E-state index in [0.717, 1.165) is 11.3 Å². The number of benzene rings is 1. The van der Waals surface area contributed by atoms with Crippen LogP contribution in [0.1, 0.15) is 28.1 Å².